The van der Waals surface area contributed by atoms with E-state index in [0.29, 0.717) is 26.4 Å². The Hall–Kier alpha value is -1.59. The van der Waals surface area contributed by atoms with Gasteiger partial charge in [-0.05, 0) is 31.2 Å². The molecule has 2 unspecified atom stereocenters. The van der Waals surface area contributed by atoms with E-state index in [0.717, 1.165) is 17.9 Å². The van der Waals surface area contributed by atoms with Crippen LogP contribution in [0, 0.1) is 5.92 Å². The first-order valence-electron chi connectivity index (χ1n) is 7.42. The van der Waals surface area contributed by atoms with Crippen LogP contribution in [0.1, 0.15) is 19.4 Å². The highest BCUT2D eigenvalue weighted by Crippen LogP contribution is 2.23. The first kappa shape index (κ1) is 15.8. The summed E-state index contributed by atoms with van der Waals surface area (Å²) in [6, 6.07) is 7.88. The van der Waals surface area contributed by atoms with Gasteiger partial charge < -0.3 is 14.6 Å². The van der Waals surface area contributed by atoms with Crippen molar-refractivity contribution in [3.63, 3.8) is 0 Å². The molecule has 1 fully saturated rings. The normalized spacial score (nSPS) is 21.7. The van der Waals surface area contributed by atoms with Crippen LogP contribution in [0.3, 0.4) is 0 Å². The third-order valence-corrected chi connectivity index (χ3v) is 3.84. The van der Waals surface area contributed by atoms with E-state index in [1.54, 1.807) is 0 Å². The van der Waals surface area contributed by atoms with Crippen molar-refractivity contribution in [3.05, 3.63) is 29.8 Å². The fraction of sp³-hybridized carbons (Fsp3) is 0.562. The van der Waals surface area contributed by atoms with E-state index in [1.807, 2.05) is 38.1 Å². The molecule has 0 bridgehead atoms. The first-order valence-corrected chi connectivity index (χ1v) is 7.42. The summed E-state index contributed by atoms with van der Waals surface area (Å²) in [5, 5.41) is 9.28. The molecule has 5 nitrogen and oxygen atoms in total. The molecule has 1 N–H and O–H groups in total. The van der Waals surface area contributed by atoms with E-state index < -0.39 is 11.9 Å². The lowest BCUT2D eigenvalue weighted by atomic mass is 10.0. The van der Waals surface area contributed by atoms with E-state index in [-0.39, 0.29) is 6.04 Å². The molecule has 0 aliphatic carbocycles. The summed E-state index contributed by atoms with van der Waals surface area (Å²) in [5.74, 6) is -0.373. The standard InChI is InChI=1S/C16H23NO4/c1-3-17(15-11-20-10-14(15)16(18)19)9-12-6-5-7-13(8-12)21-4-2/h5-8,14-15H,3-4,9-11H2,1-2H3,(H,18,19). The Morgan fingerprint density at radius 3 is 2.90 bits per heavy atom. The van der Waals surface area contributed by atoms with Crippen LogP contribution < -0.4 is 4.74 Å². The van der Waals surface area contributed by atoms with E-state index in [9.17, 15) is 9.90 Å². The fourth-order valence-corrected chi connectivity index (χ4v) is 2.74. The SMILES string of the molecule is CCOc1cccc(CN(CC)C2COCC2C(=O)O)c1. The summed E-state index contributed by atoms with van der Waals surface area (Å²) in [4.78, 5) is 13.5. The topological polar surface area (TPSA) is 59.0 Å². The summed E-state index contributed by atoms with van der Waals surface area (Å²) in [6.45, 7) is 6.91. The Kier molecular flexibility index (Phi) is 5.59. The number of ether oxygens (including phenoxy) is 2. The Morgan fingerprint density at radius 2 is 2.24 bits per heavy atom. The van der Waals surface area contributed by atoms with Crippen LogP contribution in [0.25, 0.3) is 0 Å². The number of likely N-dealkylation sites (N-methyl/N-ethyl adjacent to an activating group) is 1. The number of nitrogens with zero attached hydrogens (tertiary/aromatic N) is 1. The van der Waals surface area contributed by atoms with E-state index in [4.69, 9.17) is 9.47 Å². The van der Waals surface area contributed by atoms with Gasteiger partial charge in [0.15, 0.2) is 0 Å². The Balaban J connectivity index is 2.08. The molecule has 1 aliphatic rings. The quantitative estimate of drug-likeness (QED) is 0.833. The molecule has 0 amide bonds. The highest BCUT2D eigenvalue weighted by Gasteiger charge is 2.37. The smallest absolute Gasteiger partial charge is 0.310 e. The average molecular weight is 293 g/mol. The van der Waals surface area contributed by atoms with Gasteiger partial charge >= 0.3 is 5.97 Å². The van der Waals surface area contributed by atoms with Gasteiger partial charge in [-0.2, -0.15) is 0 Å². The first-order chi connectivity index (χ1) is 10.2. The van der Waals surface area contributed by atoms with Crippen molar-refractivity contribution in [1.82, 2.24) is 4.90 Å². The second-order valence-corrected chi connectivity index (χ2v) is 5.19. The lowest BCUT2D eigenvalue weighted by molar-refractivity contribution is -0.143. The van der Waals surface area contributed by atoms with Gasteiger partial charge in [-0.25, -0.2) is 0 Å². The zero-order valence-corrected chi connectivity index (χ0v) is 12.6. The van der Waals surface area contributed by atoms with Crippen molar-refractivity contribution >= 4 is 5.97 Å². The van der Waals surface area contributed by atoms with E-state index in [1.165, 1.54) is 0 Å². The third kappa shape index (κ3) is 3.95. The maximum atomic E-state index is 11.3. The number of hydrogen-bond donors (Lipinski definition) is 1. The van der Waals surface area contributed by atoms with Gasteiger partial charge in [-0.15, -0.1) is 0 Å². The van der Waals surface area contributed by atoms with Gasteiger partial charge in [0, 0.05) is 12.6 Å². The molecule has 1 saturated heterocycles. The molecule has 116 valence electrons. The Morgan fingerprint density at radius 1 is 1.43 bits per heavy atom. The lowest BCUT2D eigenvalue weighted by Gasteiger charge is -2.29. The molecule has 0 aromatic heterocycles. The van der Waals surface area contributed by atoms with Gasteiger partial charge in [-0.1, -0.05) is 19.1 Å². The second-order valence-electron chi connectivity index (χ2n) is 5.19. The number of hydrogen-bond acceptors (Lipinski definition) is 4. The highest BCUT2D eigenvalue weighted by molar-refractivity contribution is 5.71. The van der Waals surface area contributed by atoms with Gasteiger partial charge in [0.05, 0.1) is 25.7 Å². The number of aliphatic carboxylic acids is 1. The number of carbonyl (C=O) groups is 1. The molecule has 2 rings (SSSR count). The summed E-state index contributed by atoms with van der Waals surface area (Å²) >= 11 is 0. The zero-order valence-electron chi connectivity index (χ0n) is 12.6. The van der Waals surface area contributed by atoms with Crippen LogP contribution in [0.5, 0.6) is 5.75 Å². The predicted molar refractivity (Wildman–Crippen MR) is 79.4 cm³/mol. The van der Waals surface area contributed by atoms with Gasteiger partial charge in [0.25, 0.3) is 0 Å². The highest BCUT2D eigenvalue weighted by atomic mass is 16.5. The molecule has 0 spiro atoms. The van der Waals surface area contributed by atoms with Crippen molar-refractivity contribution in [1.29, 1.82) is 0 Å². The van der Waals surface area contributed by atoms with Crippen LogP contribution in [-0.4, -0.2) is 48.4 Å². The number of carboxylic acids is 1. The molecular weight excluding hydrogens is 270 g/mol. The number of carboxylic acid groups (broad SMARTS) is 1. The van der Waals surface area contributed by atoms with Gasteiger partial charge in [0.2, 0.25) is 0 Å². The molecule has 21 heavy (non-hydrogen) atoms. The summed E-state index contributed by atoms with van der Waals surface area (Å²) in [7, 11) is 0. The van der Waals surface area contributed by atoms with Crippen LogP contribution in [0.2, 0.25) is 0 Å². The van der Waals surface area contributed by atoms with Crippen molar-refractivity contribution < 1.29 is 19.4 Å². The van der Waals surface area contributed by atoms with E-state index in [2.05, 4.69) is 4.90 Å². The third-order valence-electron chi connectivity index (χ3n) is 3.84. The Labute approximate surface area is 125 Å². The predicted octanol–water partition coefficient (Wildman–Crippen LogP) is 2.01. The van der Waals surface area contributed by atoms with Gasteiger partial charge in [-0.3, -0.25) is 9.69 Å². The molecule has 5 heteroatoms. The zero-order chi connectivity index (χ0) is 15.2. The van der Waals surface area contributed by atoms with Crippen molar-refractivity contribution in [2.45, 2.75) is 26.4 Å². The van der Waals surface area contributed by atoms with E-state index >= 15 is 0 Å². The lowest BCUT2D eigenvalue weighted by Crippen LogP contribution is -2.42. The fourth-order valence-electron chi connectivity index (χ4n) is 2.74. The maximum absolute atomic E-state index is 11.3. The summed E-state index contributed by atoms with van der Waals surface area (Å²) < 4.78 is 10.9. The largest absolute Gasteiger partial charge is 0.494 e. The monoisotopic (exact) mass is 293 g/mol. The molecule has 1 heterocycles. The van der Waals surface area contributed by atoms with Crippen LogP contribution in [-0.2, 0) is 16.1 Å². The summed E-state index contributed by atoms with van der Waals surface area (Å²) in [5.41, 5.74) is 1.12. The molecule has 0 saturated carbocycles. The molecule has 1 aromatic carbocycles. The van der Waals surface area contributed by atoms with Crippen molar-refractivity contribution in [3.8, 4) is 5.75 Å². The Bertz CT molecular complexity index is 477. The van der Waals surface area contributed by atoms with Gasteiger partial charge in [0.1, 0.15) is 5.75 Å². The number of benzene rings is 1. The minimum absolute atomic E-state index is 0.0664. The molecule has 1 aromatic rings. The molecule has 0 radical (unpaired) electrons. The molecular formula is C16H23NO4. The minimum Gasteiger partial charge on any atom is -0.494 e. The second kappa shape index (κ2) is 7.43. The minimum atomic E-state index is -0.779. The van der Waals surface area contributed by atoms with Crippen LogP contribution in [0.4, 0.5) is 0 Å². The maximum Gasteiger partial charge on any atom is 0.310 e. The van der Waals surface area contributed by atoms with Crippen LogP contribution >= 0.6 is 0 Å². The summed E-state index contributed by atoms with van der Waals surface area (Å²) in [6.07, 6.45) is 0. The molecule has 2 atom stereocenters. The van der Waals surface area contributed by atoms with Crippen LogP contribution in [0.15, 0.2) is 24.3 Å². The average Bonchev–Trinajstić information content (AvgIpc) is 2.95. The van der Waals surface area contributed by atoms with Crippen molar-refractivity contribution in [2.75, 3.05) is 26.4 Å². The molecule has 1 aliphatic heterocycles. The van der Waals surface area contributed by atoms with Crippen molar-refractivity contribution in [2.24, 2.45) is 5.92 Å². The number of rotatable bonds is 7.